The van der Waals surface area contributed by atoms with E-state index >= 15 is 0 Å². The SMILES string of the molecule is CCCCS(=O)(=O)c1ccc(C(=O)c2ccc3n2CCCC3C(=O)O)cc1. The van der Waals surface area contributed by atoms with Crippen molar-refractivity contribution in [1.29, 1.82) is 0 Å². The van der Waals surface area contributed by atoms with Crippen LogP contribution in [0.1, 0.15) is 60.3 Å². The Labute approximate surface area is 158 Å². The van der Waals surface area contributed by atoms with Gasteiger partial charge >= 0.3 is 5.97 Å². The van der Waals surface area contributed by atoms with Crippen molar-refractivity contribution in [3.05, 3.63) is 53.3 Å². The second kappa shape index (κ2) is 7.68. The molecule has 6 nitrogen and oxygen atoms in total. The number of ketones is 1. The van der Waals surface area contributed by atoms with Crippen LogP contribution in [0.15, 0.2) is 41.3 Å². The molecule has 2 heterocycles. The summed E-state index contributed by atoms with van der Waals surface area (Å²) in [5.74, 6) is -1.61. The predicted octanol–water partition coefficient (Wildman–Crippen LogP) is 3.25. The standard InChI is InChI=1S/C20H23NO5S/c1-2-3-13-27(25,26)15-8-6-14(7-9-15)19(22)18-11-10-17-16(20(23)24)5-4-12-21(17)18/h6-11,16H,2-5,12-13H2,1H3,(H,23,24). The number of fused-ring (bicyclic) bond motifs is 1. The molecule has 3 rings (SSSR count). The van der Waals surface area contributed by atoms with E-state index in [9.17, 15) is 23.1 Å². The number of hydrogen-bond acceptors (Lipinski definition) is 4. The summed E-state index contributed by atoms with van der Waals surface area (Å²) < 4.78 is 26.3. The van der Waals surface area contributed by atoms with Crippen LogP contribution in [0.4, 0.5) is 0 Å². The number of sulfone groups is 1. The highest BCUT2D eigenvalue weighted by Crippen LogP contribution is 2.30. The Morgan fingerprint density at radius 1 is 1.15 bits per heavy atom. The van der Waals surface area contributed by atoms with E-state index in [2.05, 4.69) is 0 Å². The normalized spacial score (nSPS) is 16.7. The quantitative estimate of drug-likeness (QED) is 0.734. The summed E-state index contributed by atoms with van der Waals surface area (Å²) in [6, 6.07) is 9.35. The molecule has 0 saturated carbocycles. The first kappa shape index (κ1) is 19.4. The largest absolute Gasteiger partial charge is 0.481 e. The minimum atomic E-state index is -3.33. The molecule has 1 aliphatic rings. The fraction of sp³-hybridized carbons (Fsp3) is 0.400. The topological polar surface area (TPSA) is 93.4 Å². The number of aliphatic carboxylic acids is 1. The van der Waals surface area contributed by atoms with Crippen LogP contribution >= 0.6 is 0 Å². The molecule has 27 heavy (non-hydrogen) atoms. The molecule has 1 aromatic carbocycles. The van der Waals surface area contributed by atoms with Crippen molar-refractivity contribution in [1.82, 2.24) is 4.57 Å². The highest BCUT2D eigenvalue weighted by Gasteiger charge is 2.29. The van der Waals surface area contributed by atoms with Gasteiger partial charge in [-0.2, -0.15) is 0 Å². The third kappa shape index (κ3) is 3.83. The number of carbonyl (C=O) groups excluding carboxylic acids is 1. The van der Waals surface area contributed by atoms with E-state index in [-0.39, 0.29) is 16.4 Å². The van der Waals surface area contributed by atoms with Crippen molar-refractivity contribution in [2.75, 3.05) is 5.75 Å². The van der Waals surface area contributed by atoms with E-state index in [1.807, 2.05) is 6.92 Å². The Balaban J connectivity index is 1.86. The molecule has 0 fully saturated rings. The predicted molar refractivity (Wildman–Crippen MR) is 101 cm³/mol. The smallest absolute Gasteiger partial charge is 0.312 e. The summed E-state index contributed by atoms with van der Waals surface area (Å²) in [4.78, 5) is 24.5. The second-order valence-electron chi connectivity index (χ2n) is 6.85. The van der Waals surface area contributed by atoms with Gasteiger partial charge in [-0.05, 0) is 55.7 Å². The maximum absolute atomic E-state index is 12.9. The van der Waals surface area contributed by atoms with Crippen LogP contribution in [-0.2, 0) is 21.2 Å². The molecule has 0 radical (unpaired) electrons. The lowest BCUT2D eigenvalue weighted by Crippen LogP contribution is -2.23. The van der Waals surface area contributed by atoms with Crippen molar-refractivity contribution in [3.63, 3.8) is 0 Å². The van der Waals surface area contributed by atoms with Crippen LogP contribution in [0.25, 0.3) is 0 Å². The molecule has 0 bridgehead atoms. The van der Waals surface area contributed by atoms with E-state index in [4.69, 9.17) is 0 Å². The maximum Gasteiger partial charge on any atom is 0.312 e. The van der Waals surface area contributed by atoms with Crippen LogP contribution < -0.4 is 0 Å². The van der Waals surface area contributed by atoms with Gasteiger partial charge in [-0.1, -0.05) is 13.3 Å². The van der Waals surface area contributed by atoms with Crippen molar-refractivity contribution >= 4 is 21.6 Å². The molecule has 0 saturated heterocycles. The van der Waals surface area contributed by atoms with Crippen molar-refractivity contribution < 1.29 is 23.1 Å². The minimum absolute atomic E-state index is 0.0968. The van der Waals surface area contributed by atoms with Gasteiger partial charge in [0.05, 0.1) is 22.3 Å². The molecule has 1 unspecified atom stereocenters. The average molecular weight is 389 g/mol. The summed E-state index contributed by atoms with van der Waals surface area (Å²) in [6.45, 7) is 2.54. The van der Waals surface area contributed by atoms with Crippen LogP contribution in [0.3, 0.4) is 0 Å². The molecule has 0 amide bonds. The van der Waals surface area contributed by atoms with Gasteiger partial charge in [0.2, 0.25) is 5.78 Å². The molecule has 1 aromatic heterocycles. The fourth-order valence-corrected chi connectivity index (χ4v) is 4.96. The number of benzene rings is 1. The summed E-state index contributed by atoms with van der Waals surface area (Å²) in [6.07, 6.45) is 2.67. The summed E-state index contributed by atoms with van der Waals surface area (Å²) >= 11 is 0. The van der Waals surface area contributed by atoms with Crippen LogP contribution in [-0.4, -0.2) is 35.6 Å². The highest BCUT2D eigenvalue weighted by molar-refractivity contribution is 7.91. The molecule has 1 N–H and O–H groups in total. The lowest BCUT2D eigenvalue weighted by atomic mass is 9.96. The first-order valence-corrected chi connectivity index (χ1v) is 10.8. The lowest BCUT2D eigenvalue weighted by molar-refractivity contribution is -0.139. The summed E-state index contributed by atoms with van der Waals surface area (Å²) in [5.41, 5.74) is 1.48. The van der Waals surface area contributed by atoms with E-state index in [1.54, 1.807) is 16.7 Å². The number of rotatable bonds is 7. The monoisotopic (exact) mass is 389 g/mol. The van der Waals surface area contributed by atoms with Crippen LogP contribution in [0.2, 0.25) is 0 Å². The molecule has 0 aliphatic carbocycles. The van der Waals surface area contributed by atoms with Gasteiger partial charge in [0, 0.05) is 17.8 Å². The third-order valence-corrected chi connectivity index (χ3v) is 6.84. The number of carbonyl (C=O) groups is 2. The Hall–Kier alpha value is -2.41. The Bertz CT molecular complexity index is 957. The Kier molecular flexibility index (Phi) is 5.51. The first-order chi connectivity index (χ1) is 12.8. The average Bonchev–Trinajstić information content (AvgIpc) is 3.10. The van der Waals surface area contributed by atoms with Gasteiger partial charge in [0.25, 0.3) is 0 Å². The number of carboxylic acid groups (broad SMARTS) is 1. The zero-order valence-corrected chi connectivity index (χ0v) is 16.0. The number of aromatic nitrogens is 1. The van der Waals surface area contributed by atoms with Gasteiger partial charge in [-0.25, -0.2) is 8.42 Å². The molecule has 1 aliphatic heterocycles. The zero-order chi connectivity index (χ0) is 19.6. The van der Waals surface area contributed by atoms with Crippen molar-refractivity contribution in [2.45, 2.75) is 50.0 Å². The minimum Gasteiger partial charge on any atom is -0.481 e. The van der Waals surface area contributed by atoms with Gasteiger partial charge in [0.15, 0.2) is 9.84 Å². The number of carboxylic acids is 1. The van der Waals surface area contributed by atoms with Gasteiger partial charge < -0.3 is 9.67 Å². The summed E-state index contributed by atoms with van der Waals surface area (Å²) in [7, 11) is -3.33. The highest BCUT2D eigenvalue weighted by atomic mass is 32.2. The number of hydrogen-bond donors (Lipinski definition) is 1. The van der Waals surface area contributed by atoms with E-state index in [0.29, 0.717) is 42.8 Å². The van der Waals surface area contributed by atoms with E-state index in [0.717, 1.165) is 6.42 Å². The van der Waals surface area contributed by atoms with Gasteiger partial charge in [-0.3, -0.25) is 9.59 Å². The van der Waals surface area contributed by atoms with E-state index < -0.39 is 21.7 Å². The fourth-order valence-electron chi connectivity index (χ4n) is 3.50. The van der Waals surface area contributed by atoms with Gasteiger partial charge in [0.1, 0.15) is 0 Å². The second-order valence-corrected chi connectivity index (χ2v) is 8.96. The maximum atomic E-state index is 12.9. The first-order valence-electron chi connectivity index (χ1n) is 9.15. The van der Waals surface area contributed by atoms with Crippen molar-refractivity contribution in [3.8, 4) is 0 Å². The third-order valence-electron chi connectivity index (χ3n) is 5.02. The number of nitrogens with zero attached hydrogens (tertiary/aromatic N) is 1. The van der Waals surface area contributed by atoms with Crippen molar-refractivity contribution in [2.24, 2.45) is 0 Å². The zero-order valence-electron chi connectivity index (χ0n) is 15.2. The molecular weight excluding hydrogens is 366 g/mol. The summed E-state index contributed by atoms with van der Waals surface area (Å²) in [5, 5.41) is 9.36. The Morgan fingerprint density at radius 2 is 1.85 bits per heavy atom. The molecule has 7 heteroatoms. The Morgan fingerprint density at radius 3 is 2.48 bits per heavy atom. The van der Waals surface area contributed by atoms with Crippen LogP contribution in [0.5, 0.6) is 0 Å². The lowest BCUT2D eigenvalue weighted by Gasteiger charge is -2.23. The molecule has 1 atom stereocenters. The number of unbranched alkanes of at least 4 members (excludes halogenated alkanes) is 1. The molecule has 2 aromatic rings. The van der Waals surface area contributed by atoms with E-state index in [1.165, 1.54) is 24.3 Å². The molecule has 0 spiro atoms. The van der Waals surface area contributed by atoms with Gasteiger partial charge in [-0.15, -0.1) is 0 Å². The molecular formula is C20H23NO5S. The molecule has 144 valence electrons. The van der Waals surface area contributed by atoms with Crippen LogP contribution in [0, 0.1) is 0 Å².